The van der Waals surface area contributed by atoms with Crippen LogP contribution < -0.4 is 10.6 Å². The van der Waals surface area contributed by atoms with Crippen molar-refractivity contribution in [3.8, 4) is 0 Å². The Balaban J connectivity index is 1.72. The lowest BCUT2D eigenvalue weighted by Gasteiger charge is -2.26. The molecule has 0 radical (unpaired) electrons. The van der Waals surface area contributed by atoms with Crippen LogP contribution in [0.2, 0.25) is 0 Å². The Morgan fingerprint density at radius 3 is 2.29 bits per heavy atom. The van der Waals surface area contributed by atoms with Crippen molar-refractivity contribution < 1.29 is 14.7 Å². The summed E-state index contributed by atoms with van der Waals surface area (Å²) in [5, 5.41) is 17.6. The summed E-state index contributed by atoms with van der Waals surface area (Å²) >= 11 is 0. The third kappa shape index (κ3) is 8.38. The number of rotatable bonds is 12. The van der Waals surface area contributed by atoms with Crippen molar-refractivity contribution in [3.63, 3.8) is 0 Å². The zero-order valence-corrected chi connectivity index (χ0v) is 20.6. The average Bonchev–Trinajstić information content (AvgIpc) is 2.86. The molecule has 0 saturated heterocycles. The van der Waals surface area contributed by atoms with E-state index < -0.39 is 6.04 Å². The van der Waals surface area contributed by atoms with Crippen molar-refractivity contribution in [2.45, 2.75) is 18.9 Å². The van der Waals surface area contributed by atoms with Crippen LogP contribution in [0.3, 0.4) is 0 Å². The monoisotopic (exact) mass is 476 g/mol. The van der Waals surface area contributed by atoms with Gasteiger partial charge < -0.3 is 25.5 Å². The highest BCUT2D eigenvalue weighted by atomic mass is 16.3. The number of hydrogen-bond acceptors (Lipinski definition) is 4. The molecule has 0 unspecified atom stereocenters. The van der Waals surface area contributed by atoms with Crippen molar-refractivity contribution in [2.24, 2.45) is 0 Å². The van der Waals surface area contributed by atoms with Gasteiger partial charge in [-0.05, 0) is 42.4 Å². The van der Waals surface area contributed by atoms with E-state index in [4.69, 9.17) is 0 Å². The highest BCUT2D eigenvalue weighted by molar-refractivity contribution is 5.88. The van der Waals surface area contributed by atoms with E-state index >= 15 is 0 Å². The van der Waals surface area contributed by atoms with Crippen molar-refractivity contribution in [1.29, 1.82) is 0 Å². The topological polar surface area (TPSA) is 84.9 Å². The van der Waals surface area contributed by atoms with Gasteiger partial charge in [0.1, 0.15) is 6.04 Å². The van der Waals surface area contributed by atoms with Crippen LogP contribution in [0.4, 0.5) is 4.79 Å². The number of urea groups is 1. The molecule has 0 aliphatic heterocycles. The Morgan fingerprint density at radius 2 is 1.57 bits per heavy atom. The van der Waals surface area contributed by atoms with Crippen LogP contribution in [-0.4, -0.2) is 79.8 Å². The zero-order chi connectivity index (χ0) is 25.0. The molecule has 1 atom stereocenters. The first-order valence-corrected chi connectivity index (χ1v) is 12.1. The highest BCUT2D eigenvalue weighted by Crippen LogP contribution is 2.17. The largest absolute Gasteiger partial charge is 0.395 e. The average molecular weight is 477 g/mol. The molecule has 0 aliphatic carbocycles. The van der Waals surface area contributed by atoms with Crippen molar-refractivity contribution in [3.05, 3.63) is 83.9 Å². The lowest BCUT2D eigenvalue weighted by Crippen LogP contribution is -2.53. The molecular weight excluding hydrogens is 440 g/mol. The van der Waals surface area contributed by atoms with Gasteiger partial charge in [0.05, 0.1) is 6.61 Å². The fourth-order valence-electron chi connectivity index (χ4n) is 3.92. The molecule has 0 aliphatic rings. The summed E-state index contributed by atoms with van der Waals surface area (Å²) in [5.74, 6) is -0.222. The molecule has 7 heteroatoms. The molecule has 0 fully saturated rings. The second-order valence-electron chi connectivity index (χ2n) is 8.93. The van der Waals surface area contributed by atoms with Gasteiger partial charge in [0.2, 0.25) is 5.91 Å². The Morgan fingerprint density at radius 1 is 0.857 bits per heavy atom. The van der Waals surface area contributed by atoms with Gasteiger partial charge in [0, 0.05) is 32.6 Å². The summed E-state index contributed by atoms with van der Waals surface area (Å²) in [7, 11) is 3.89. The van der Waals surface area contributed by atoms with Crippen LogP contribution >= 0.6 is 0 Å². The number of fused-ring (bicyclic) bond motifs is 1. The number of aliphatic hydroxyl groups excluding tert-OH is 1. The van der Waals surface area contributed by atoms with Gasteiger partial charge >= 0.3 is 6.03 Å². The van der Waals surface area contributed by atoms with Crippen LogP contribution in [0.5, 0.6) is 0 Å². The molecule has 3 aromatic rings. The number of nitrogens with zero attached hydrogens (tertiary/aromatic N) is 2. The maximum Gasteiger partial charge on any atom is 0.318 e. The first-order chi connectivity index (χ1) is 17.0. The molecule has 3 N–H and O–H groups in total. The summed E-state index contributed by atoms with van der Waals surface area (Å²) in [6.07, 6.45) is 1.04. The number of aliphatic hydroxyl groups is 1. The fourth-order valence-corrected chi connectivity index (χ4v) is 3.92. The number of carbonyl (C=O) groups is 2. The summed E-state index contributed by atoms with van der Waals surface area (Å²) in [4.78, 5) is 29.8. The maximum atomic E-state index is 13.2. The van der Waals surface area contributed by atoms with E-state index in [0.29, 0.717) is 32.5 Å². The van der Waals surface area contributed by atoms with Crippen LogP contribution in [0.15, 0.2) is 72.8 Å². The summed E-state index contributed by atoms with van der Waals surface area (Å²) in [5.41, 5.74) is 2.08. The van der Waals surface area contributed by atoms with E-state index in [1.165, 1.54) is 0 Å². The molecule has 35 heavy (non-hydrogen) atoms. The highest BCUT2D eigenvalue weighted by Gasteiger charge is 2.24. The number of amides is 3. The predicted molar refractivity (Wildman–Crippen MR) is 140 cm³/mol. The predicted octanol–water partition coefficient (Wildman–Crippen LogP) is 2.68. The van der Waals surface area contributed by atoms with Gasteiger partial charge in [0.25, 0.3) is 0 Å². The maximum absolute atomic E-state index is 13.2. The molecule has 0 bridgehead atoms. The van der Waals surface area contributed by atoms with Crippen molar-refractivity contribution in [1.82, 2.24) is 20.4 Å². The van der Waals surface area contributed by atoms with E-state index in [0.717, 1.165) is 21.9 Å². The van der Waals surface area contributed by atoms with Gasteiger partial charge in [-0.15, -0.1) is 0 Å². The summed E-state index contributed by atoms with van der Waals surface area (Å²) in [6, 6.07) is 23.0. The van der Waals surface area contributed by atoms with Crippen LogP contribution in [0.25, 0.3) is 10.8 Å². The number of benzene rings is 3. The molecule has 7 nitrogen and oxygen atoms in total. The van der Waals surface area contributed by atoms with Gasteiger partial charge in [-0.1, -0.05) is 72.8 Å². The molecular formula is C28H36N4O3. The second kappa shape index (κ2) is 13.5. The van der Waals surface area contributed by atoms with E-state index in [1.54, 1.807) is 4.90 Å². The third-order valence-electron chi connectivity index (χ3n) is 5.90. The molecule has 0 saturated carbocycles. The first-order valence-electron chi connectivity index (χ1n) is 12.1. The standard InChI is InChI=1S/C28H36N4O3/c1-31(2)17-15-29-27(34)26(21-23-12-13-24-10-6-7-11-25(24)20-23)30-28(35)32(18-19-33)16-14-22-8-4-3-5-9-22/h3-13,20,26,33H,14-19,21H2,1-2H3,(H,29,34)(H,30,35)/t26-/m0/s1. The quantitative estimate of drug-likeness (QED) is 0.375. The Bertz CT molecular complexity index is 1090. The van der Waals surface area contributed by atoms with E-state index in [2.05, 4.69) is 16.7 Å². The first kappa shape index (κ1) is 26.2. The smallest absolute Gasteiger partial charge is 0.318 e. The molecule has 3 rings (SSSR count). The van der Waals surface area contributed by atoms with Gasteiger partial charge in [-0.3, -0.25) is 4.79 Å². The summed E-state index contributed by atoms with van der Waals surface area (Å²) in [6.45, 7) is 1.69. The van der Waals surface area contributed by atoms with E-state index in [-0.39, 0.29) is 25.1 Å². The SMILES string of the molecule is CN(C)CCNC(=O)[C@H](Cc1ccc2ccccc2c1)NC(=O)N(CCO)CCc1ccccc1. The lowest BCUT2D eigenvalue weighted by atomic mass is 10.0. The fraction of sp³-hybridized carbons (Fsp3) is 0.357. The molecule has 0 aromatic heterocycles. The van der Waals surface area contributed by atoms with E-state index in [1.807, 2.05) is 85.7 Å². The lowest BCUT2D eigenvalue weighted by molar-refractivity contribution is -0.123. The molecule has 0 spiro atoms. The van der Waals surface area contributed by atoms with Crippen LogP contribution in [-0.2, 0) is 17.6 Å². The Hall–Kier alpha value is -3.42. The Labute approximate surface area is 207 Å². The minimum absolute atomic E-state index is 0.146. The van der Waals surface area contributed by atoms with Crippen molar-refractivity contribution in [2.75, 3.05) is 46.9 Å². The Kier molecular flexibility index (Phi) is 10.1. The van der Waals surface area contributed by atoms with Gasteiger partial charge in [-0.25, -0.2) is 4.79 Å². The number of nitrogens with one attached hydrogen (secondary N) is 2. The van der Waals surface area contributed by atoms with Crippen LogP contribution in [0.1, 0.15) is 11.1 Å². The van der Waals surface area contributed by atoms with Crippen LogP contribution in [0, 0.1) is 0 Å². The minimum Gasteiger partial charge on any atom is -0.395 e. The molecule has 0 heterocycles. The van der Waals surface area contributed by atoms with E-state index in [9.17, 15) is 14.7 Å². The summed E-state index contributed by atoms with van der Waals surface area (Å²) < 4.78 is 0. The minimum atomic E-state index is -0.733. The molecule has 3 aromatic carbocycles. The molecule has 3 amide bonds. The second-order valence-corrected chi connectivity index (χ2v) is 8.93. The van der Waals surface area contributed by atoms with Gasteiger partial charge in [-0.2, -0.15) is 0 Å². The molecule has 186 valence electrons. The number of likely N-dealkylation sites (N-methyl/N-ethyl adjacent to an activating group) is 1. The van der Waals surface area contributed by atoms with Crippen molar-refractivity contribution >= 4 is 22.7 Å². The normalized spacial score (nSPS) is 11.9. The number of hydrogen-bond donors (Lipinski definition) is 3. The third-order valence-corrected chi connectivity index (χ3v) is 5.90. The van der Waals surface area contributed by atoms with Gasteiger partial charge in [0.15, 0.2) is 0 Å². The number of carbonyl (C=O) groups excluding carboxylic acids is 2. The zero-order valence-electron chi connectivity index (χ0n) is 20.6.